The van der Waals surface area contributed by atoms with Gasteiger partial charge in [0, 0.05) is 11.8 Å². The van der Waals surface area contributed by atoms with Crippen LogP contribution in [-0.4, -0.2) is 19.7 Å². The molecule has 3 nitrogen and oxygen atoms in total. The molecule has 2 aromatic rings. The number of ether oxygens (including phenoxy) is 2. The molecular weight excluding hydrogens is 438 g/mol. The van der Waals surface area contributed by atoms with Crippen LogP contribution in [0.15, 0.2) is 48.5 Å². The second kappa shape index (κ2) is 9.94. The molecule has 0 aromatic heterocycles. The van der Waals surface area contributed by atoms with E-state index in [1.807, 2.05) is 19.1 Å². The summed E-state index contributed by atoms with van der Waals surface area (Å²) in [7, 11) is 1.26. The van der Waals surface area contributed by atoms with Crippen LogP contribution in [0.5, 0.6) is 0 Å². The highest BCUT2D eigenvalue weighted by atomic mass is 19.4. The number of esters is 1. The van der Waals surface area contributed by atoms with Crippen molar-refractivity contribution in [3.05, 3.63) is 70.8 Å². The molecule has 0 N–H and O–H groups in total. The molecule has 9 heteroatoms. The number of hydrogen-bond donors (Lipinski definition) is 0. The van der Waals surface area contributed by atoms with Crippen LogP contribution in [-0.2, 0) is 32.0 Å². The lowest BCUT2D eigenvalue weighted by molar-refractivity contribution is -0.143. The average molecular weight is 462 g/mol. The molecule has 0 aliphatic carbocycles. The summed E-state index contributed by atoms with van der Waals surface area (Å²) in [5.74, 6) is -0.437. The molecule has 0 radical (unpaired) electrons. The fourth-order valence-electron chi connectivity index (χ4n) is 3.24. The Morgan fingerprint density at radius 1 is 0.906 bits per heavy atom. The third-order valence-electron chi connectivity index (χ3n) is 5.31. The Morgan fingerprint density at radius 3 is 1.91 bits per heavy atom. The number of hydrogen-bond acceptors (Lipinski definition) is 3. The lowest BCUT2D eigenvalue weighted by Gasteiger charge is -2.31. The number of carbonyl (C=O) groups excluding carboxylic acids is 1. The van der Waals surface area contributed by atoms with Gasteiger partial charge in [0.1, 0.15) is 0 Å². The van der Waals surface area contributed by atoms with Gasteiger partial charge in [-0.25, -0.2) is 0 Å². The molecule has 0 spiro atoms. The predicted octanol–water partition coefficient (Wildman–Crippen LogP) is 6.71. The average Bonchev–Trinajstić information content (AvgIpc) is 2.74. The maximum atomic E-state index is 13.2. The van der Waals surface area contributed by atoms with E-state index in [9.17, 15) is 31.1 Å². The minimum Gasteiger partial charge on any atom is -0.469 e. The van der Waals surface area contributed by atoms with Gasteiger partial charge in [-0.3, -0.25) is 4.79 Å². The predicted molar refractivity (Wildman–Crippen MR) is 106 cm³/mol. The molecule has 2 aromatic carbocycles. The number of rotatable bonds is 8. The summed E-state index contributed by atoms with van der Waals surface area (Å²) >= 11 is 0. The first-order chi connectivity index (χ1) is 14.8. The van der Waals surface area contributed by atoms with Crippen molar-refractivity contribution in [2.75, 3.05) is 13.7 Å². The molecule has 2 rings (SSSR count). The molecule has 0 heterocycles. The zero-order chi connectivity index (χ0) is 24.2. The van der Waals surface area contributed by atoms with Crippen molar-refractivity contribution in [3.63, 3.8) is 0 Å². The Hall–Kier alpha value is -2.55. The van der Waals surface area contributed by atoms with Crippen LogP contribution in [0.4, 0.5) is 26.3 Å². The van der Waals surface area contributed by atoms with Crippen molar-refractivity contribution in [2.45, 2.75) is 50.6 Å². The SMILES string of the molecule is COC(=O)CCC(C)(COC(C)c1cc(C(F)(F)F)cc(C(F)(F)F)c1)c1ccccc1. The summed E-state index contributed by atoms with van der Waals surface area (Å²) in [6, 6.07) is 10.4. The van der Waals surface area contributed by atoms with E-state index in [0.29, 0.717) is 18.6 Å². The van der Waals surface area contributed by atoms with Crippen molar-refractivity contribution in [1.29, 1.82) is 0 Å². The van der Waals surface area contributed by atoms with Crippen molar-refractivity contribution in [3.8, 4) is 0 Å². The maximum Gasteiger partial charge on any atom is 0.416 e. The molecule has 0 amide bonds. The Bertz CT molecular complexity index is 876. The molecule has 2 unspecified atom stereocenters. The second-order valence-electron chi connectivity index (χ2n) is 7.80. The minimum atomic E-state index is -4.94. The van der Waals surface area contributed by atoms with Gasteiger partial charge in [-0.1, -0.05) is 37.3 Å². The molecule has 0 bridgehead atoms. The van der Waals surface area contributed by atoms with Gasteiger partial charge in [-0.2, -0.15) is 26.3 Å². The van der Waals surface area contributed by atoms with E-state index in [2.05, 4.69) is 4.74 Å². The van der Waals surface area contributed by atoms with Crippen molar-refractivity contribution in [1.82, 2.24) is 0 Å². The summed E-state index contributed by atoms with van der Waals surface area (Å²) in [6.45, 7) is 3.17. The highest BCUT2D eigenvalue weighted by Gasteiger charge is 2.37. The Kier molecular flexibility index (Phi) is 7.98. The van der Waals surface area contributed by atoms with Gasteiger partial charge in [0.05, 0.1) is 30.9 Å². The molecule has 0 aliphatic rings. The molecule has 32 heavy (non-hydrogen) atoms. The largest absolute Gasteiger partial charge is 0.469 e. The maximum absolute atomic E-state index is 13.2. The van der Waals surface area contributed by atoms with Crippen LogP contribution < -0.4 is 0 Å². The number of benzene rings is 2. The first-order valence-electron chi connectivity index (χ1n) is 9.79. The van der Waals surface area contributed by atoms with Crippen LogP contribution in [0.1, 0.15) is 55.0 Å². The van der Waals surface area contributed by atoms with Gasteiger partial charge < -0.3 is 9.47 Å². The monoisotopic (exact) mass is 462 g/mol. The molecular formula is C23H24F6O3. The standard InChI is InChI=1S/C23H24F6O3/c1-15(16-11-18(22(24,25)26)13-19(12-16)23(27,28)29)32-14-21(2,10-9-20(30)31-3)17-7-5-4-6-8-17/h4-8,11-13,15H,9-10,14H2,1-3H3. The third-order valence-corrected chi connectivity index (χ3v) is 5.31. The summed E-state index contributed by atoms with van der Waals surface area (Å²) in [5, 5.41) is 0. The van der Waals surface area contributed by atoms with Crippen LogP contribution in [0.2, 0.25) is 0 Å². The van der Waals surface area contributed by atoms with E-state index in [0.717, 1.165) is 5.56 Å². The van der Waals surface area contributed by atoms with Gasteiger partial charge in [0.25, 0.3) is 0 Å². The van der Waals surface area contributed by atoms with Gasteiger partial charge in [0.15, 0.2) is 0 Å². The van der Waals surface area contributed by atoms with E-state index in [-0.39, 0.29) is 24.7 Å². The number of halogens is 6. The van der Waals surface area contributed by atoms with Crippen LogP contribution in [0, 0.1) is 0 Å². The summed E-state index contributed by atoms with van der Waals surface area (Å²) in [6.07, 6.45) is -10.5. The van der Waals surface area contributed by atoms with E-state index < -0.39 is 41.0 Å². The number of carbonyl (C=O) groups is 1. The third kappa shape index (κ3) is 6.72. The molecule has 0 saturated carbocycles. The van der Waals surface area contributed by atoms with Crippen molar-refractivity contribution >= 4 is 5.97 Å². The van der Waals surface area contributed by atoms with Crippen molar-refractivity contribution in [2.24, 2.45) is 0 Å². The van der Waals surface area contributed by atoms with Gasteiger partial charge in [-0.05, 0) is 42.7 Å². The normalized spacial score (nSPS) is 15.2. The van der Waals surface area contributed by atoms with Gasteiger partial charge in [-0.15, -0.1) is 0 Å². The Balaban J connectivity index is 2.31. The molecule has 0 fully saturated rings. The second-order valence-corrected chi connectivity index (χ2v) is 7.80. The summed E-state index contributed by atoms with van der Waals surface area (Å²) in [5.41, 5.74) is -2.94. The van der Waals surface area contributed by atoms with E-state index >= 15 is 0 Å². The van der Waals surface area contributed by atoms with Crippen LogP contribution in [0.3, 0.4) is 0 Å². The lowest BCUT2D eigenvalue weighted by atomic mass is 9.79. The number of alkyl halides is 6. The van der Waals surface area contributed by atoms with Gasteiger partial charge in [0.2, 0.25) is 0 Å². The highest BCUT2D eigenvalue weighted by molar-refractivity contribution is 5.69. The first kappa shape index (κ1) is 25.7. The van der Waals surface area contributed by atoms with Crippen molar-refractivity contribution < 1.29 is 40.6 Å². The number of methoxy groups -OCH3 is 1. The Morgan fingerprint density at radius 2 is 1.44 bits per heavy atom. The fraction of sp³-hybridized carbons (Fsp3) is 0.435. The van der Waals surface area contributed by atoms with E-state index in [4.69, 9.17) is 4.74 Å². The molecule has 0 aliphatic heterocycles. The quantitative estimate of drug-likeness (QED) is 0.323. The Labute approximate surface area is 182 Å². The molecule has 0 saturated heterocycles. The fourth-order valence-corrected chi connectivity index (χ4v) is 3.24. The molecule has 176 valence electrons. The van der Waals surface area contributed by atoms with E-state index in [1.165, 1.54) is 14.0 Å². The summed E-state index contributed by atoms with van der Waals surface area (Å²) < 4.78 is 89.4. The zero-order valence-corrected chi connectivity index (χ0v) is 17.8. The smallest absolute Gasteiger partial charge is 0.416 e. The first-order valence-corrected chi connectivity index (χ1v) is 9.79. The summed E-state index contributed by atoms with van der Waals surface area (Å²) in [4.78, 5) is 11.6. The minimum absolute atomic E-state index is 0.0349. The zero-order valence-electron chi connectivity index (χ0n) is 17.8. The van der Waals surface area contributed by atoms with Gasteiger partial charge >= 0.3 is 18.3 Å². The molecule has 2 atom stereocenters. The van der Waals surface area contributed by atoms with Crippen LogP contribution in [0.25, 0.3) is 0 Å². The van der Waals surface area contributed by atoms with Crippen LogP contribution >= 0.6 is 0 Å². The van der Waals surface area contributed by atoms with E-state index in [1.54, 1.807) is 18.2 Å². The highest BCUT2D eigenvalue weighted by Crippen LogP contribution is 2.38. The topological polar surface area (TPSA) is 35.5 Å². The lowest BCUT2D eigenvalue weighted by Crippen LogP contribution is -2.30.